The first-order chi connectivity index (χ1) is 7.77. The number of nitrogens with zero attached hydrogens (tertiary/aromatic N) is 1. The van der Waals surface area contributed by atoms with Gasteiger partial charge in [0.2, 0.25) is 0 Å². The van der Waals surface area contributed by atoms with Crippen molar-refractivity contribution < 1.29 is 4.74 Å². The smallest absolute Gasteiger partial charge is 0.0877 e. The number of halogens is 1. The normalized spacial score (nSPS) is 29.5. The van der Waals surface area contributed by atoms with Crippen LogP contribution in [0, 0.1) is 5.92 Å². The van der Waals surface area contributed by atoms with Crippen molar-refractivity contribution in [3.63, 3.8) is 0 Å². The van der Waals surface area contributed by atoms with Crippen LogP contribution < -0.4 is 4.90 Å². The molecule has 3 nitrogen and oxygen atoms in total. The van der Waals surface area contributed by atoms with Crippen LogP contribution in [0.2, 0.25) is 0 Å². The Labute approximate surface area is 104 Å². The molecule has 0 bridgehead atoms. The van der Waals surface area contributed by atoms with Gasteiger partial charge < -0.3 is 14.6 Å². The van der Waals surface area contributed by atoms with Crippen molar-refractivity contribution in [2.45, 2.75) is 18.8 Å². The van der Waals surface area contributed by atoms with Gasteiger partial charge in [0, 0.05) is 37.9 Å². The molecule has 16 heavy (non-hydrogen) atoms. The SMILES string of the molecule is CN1CC(C2CCCOC2)c2c1c[nH]c2Br. The summed E-state index contributed by atoms with van der Waals surface area (Å²) in [6.07, 6.45) is 4.61. The fraction of sp³-hybridized carbons (Fsp3) is 0.667. The van der Waals surface area contributed by atoms with Crippen molar-refractivity contribution in [1.82, 2.24) is 4.98 Å². The molecule has 0 radical (unpaired) electrons. The summed E-state index contributed by atoms with van der Waals surface area (Å²) in [6.45, 7) is 3.00. The number of aromatic nitrogens is 1. The number of ether oxygens (including phenoxy) is 1. The maximum absolute atomic E-state index is 5.62. The van der Waals surface area contributed by atoms with E-state index in [1.54, 1.807) is 0 Å². The quantitative estimate of drug-likeness (QED) is 0.859. The second kappa shape index (κ2) is 4.08. The first-order valence-electron chi connectivity index (χ1n) is 5.93. The van der Waals surface area contributed by atoms with Gasteiger partial charge in [0.25, 0.3) is 0 Å². The second-order valence-corrected chi connectivity index (χ2v) is 5.66. The summed E-state index contributed by atoms with van der Waals surface area (Å²) in [7, 11) is 2.17. The van der Waals surface area contributed by atoms with Crippen LogP contribution in [0.3, 0.4) is 0 Å². The highest BCUT2D eigenvalue weighted by atomic mass is 79.9. The Bertz CT molecular complexity index is 384. The van der Waals surface area contributed by atoms with Gasteiger partial charge in [-0.25, -0.2) is 0 Å². The van der Waals surface area contributed by atoms with E-state index in [4.69, 9.17) is 4.74 Å². The molecule has 2 atom stereocenters. The van der Waals surface area contributed by atoms with E-state index in [1.165, 1.54) is 24.1 Å². The van der Waals surface area contributed by atoms with Crippen LogP contribution in [-0.2, 0) is 4.74 Å². The zero-order valence-corrected chi connectivity index (χ0v) is 11.1. The number of hydrogen-bond acceptors (Lipinski definition) is 2. The first-order valence-corrected chi connectivity index (χ1v) is 6.72. The van der Waals surface area contributed by atoms with E-state index in [2.05, 4.69) is 39.1 Å². The molecular weight excluding hydrogens is 268 g/mol. The molecule has 1 aromatic heterocycles. The predicted molar refractivity (Wildman–Crippen MR) is 68.0 cm³/mol. The molecule has 4 heteroatoms. The van der Waals surface area contributed by atoms with Crippen LogP contribution in [0.1, 0.15) is 24.3 Å². The fourth-order valence-electron chi connectivity index (χ4n) is 3.02. The number of anilines is 1. The molecule has 0 saturated carbocycles. The number of rotatable bonds is 1. The second-order valence-electron chi connectivity index (χ2n) is 4.87. The number of likely N-dealkylation sites (N-methyl/N-ethyl adjacent to an activating group) is 1. The van der Waals surface area contributed by atoms with Crippen LogP contribution in [0.5, 0.6) is 0 Å². The lowest BCUT2D eigenvalue weighted by Gasteiger charge is -2.28. The Hall–Kier alpha value is -0.480. The highest BCUT2D eigenvalue weighted by Gasteiger charge is 2.36. The third-order valence-electron chi connectivity index (χ3n) is 3.87. The number of aromatic amines is 1. The van der Waals surface area contributed by atoms with Crippen molar-refractivity contribution >= 4 is 21.6 Å². The first kappa shape index (κ1) is 10.7. The molecule has 3 heterocycles. The highest BCUT2D eigenvalue weighted by Crippen LogP contribution is 2.45. The number of H-pyrrole nitrogens is 1. The molecule has 88 valence electrons. The molecule has 1 fully saturated rings. The standard InChI is InChI=1S/C12H17BrN2O/c1-15-6-9(8-3-2-4-16-7-8)11-10(15)5-14-12(11)13/h5,8-9,14H,2-4,6-7H2,1H3. The Kier molecular flexibility index (Phi) is 2.72. The van der Waals surface area contributed by atoms with Crippen molar-refractivity contribution in [2.24, 2.45) is 5.92 Å². The summed E-state index contributed by atoms with van der Waals surface area (Å²) in [5.74, 6) is 1.31. The van der Waals surface area contributed by atoms with E-state index in [0.29, 0.717) is 11.8 Å². The maximum atomic E-state index is 5.62. The monoisotopic (exact) mass is 284 g/mol. The summed E-state index contributed by atoms with van der Waals surface area (Å²) in [6, 6.07) is 0. The van der Waals surface area contributed by atoms with Gasteiger partial charge in [-0.3, -0.25) is 0 Å². The van der Waals surface area contributed by atoms with E-state index in [1.807, 2.05) is 0 Å². The van der Waals surface area contributed by atoms with Gasteiger partial charge in [0.1, 0.15) is 0 Å². The molecule has 2 aliphatic rings. The van der Waals surface area contributed by atoms with E-state index in [9.17, 15) is 0 Å². The van der Waals surface area contributed by atoms with Gasteiger partial charge in [-0.15, -0.1) is 0 Å². The van der Waals surface area contributed by atoms with E-state index in [0.717, 1.165) is 24.4 Å². The summed E-state index contributed by atoms with van der Waals surface area (Å²) >= 11 is 3.63. The van der Waals surface area contributed by atoms with Crippen molar-refractivity contribution in [3.05, 3.63) is 16.4 Å². The number of hydrogen-bond donors (Lipinski definition) is 1. The minimum absolute atomic E-state index is 0.626. The van der Waals surface area contributed by atoms with Crippen LogP contribution in [0.15, 0.2) is 10.8 Å². The van der Waals surface area contributed by atoms with Crippen molar-refractivity contribution in [3.8, 4) is 0 Å². The van der Waals surface area contributed by atoms with E-state index >= 15 is 0 Å². The Balaban J connectivity index is 1.89. The lowest BCUT2D eigenvalue weighted by Crippen LogP contribution is -2.27. The fourth-order valence-corrected chi connectivity index (χ4v) is 3.63. The molecule has 2 unspecified atom stereocenters. The maximum Gasteiger partial charge on any atom is 0.0877 e. The van der Waals surface area contributed by atoms with E-state index in [-0.39, 0.29) is 0 Å². The zero-order chi connectivity index (χ0) is 11.1. The van der Waals surface area contributed by atoms with Gasteiger partial charge in [-0.1, -0.05) is 0 Å². The summed E-state index contributed by atoms with van der Waals surface area (Å²) in [4.78, 5) is 5.62. The lowest BCUT2D eigenvalue weighted by molar-refractivity contribution is 0.0459. The topological polar surface area (TPSA) is 28.3 Å². The van der Waals surface area contributed by atoms with Gasteiger partial charge in [-0.2, -0.15) is 0 Å². The third-order valence-corrected chi connectivity index (χ3v) is 4.52. The molecule has 1 N–H and O–H groups in total. The summed E-state index contributed by atoms with van der Waals surface area (Å²) in [5.41, 5.74) is 2.81. The molecule has 0 aromatic carbocycles. The molecule has 3 rings (SSSR count). The van der Waals surface area contributed by atoms with E-state index < -0.39 is 0 Å². The van der Waals surface area contributed by atoms with Crippen molar-refractivity contribution in [2.75, 3.05) is 31.7 Å². The van der Waals surface area contributed by atoms with Crippen LogP contribution >= 0.6 is 15.9 Å². The number of fused-ring (bicyclic) bond motifs is 1. The van der Waals surface area contributed by atoms with Gasteiger partial charge in [0.05, 0.1) is 16.9 Å². The van der Waals surface area contributed by atoms with Gasteiger partial charge in [0.15, 0.2) is 0 Å². The summed E-state index contributed by atoms with van der Waals surface area (Å²) < 4.78 is 6.77. The number of nitrogens with one attached hydrogen (secondary N) is 1. The minimum Gasteiger partial charge on any atom is -0.381 e. The Morgan fingerprint density at radius 2 is 2.44 bits per heavy atom. The van der Waals surface area contributed by atoms with Crippen LogP contribution in [0.25, 0.3) is 0 Å². The molecule has 1 aromatic rings. The minimum atomic E-state index is 0.626. The Morgan fingerprint density at radius 1 is 1.56 bits per heavy atom. The largest absolute Gasteiger partial charge is 0.381 e. The predicted octanol–water partition coefficient (Wildman–Crippen LogP) is 2.74. The van der Waals surface area contributed by atoms with Crippen molar-refractivity contribution in [1.29, 1.82) is 0 Å². The van der Waals surface area contributed by atoms with Gasteiger partial charge in [-0.05, 0) is 34.7 Å². The molecule has 0 aliphatic carbocycles. The molecular formula is C12H17BrN2O. The van der Waals surface area contributed by atoms with Gasteiger partial charge >= 0.3 is 0 Å². The molecule has 1 saturated heterocycles. The van der Waals surface area contributed by atoms with Crippen LogP contribution in [-0.4, -0.2) is 31.8 Å². The molecule has 0 amide bonds. The summed E-state index contributed by atoms with van der Waals surface area (Å²) in [5, 5.41) is 0. The lowest BCUT2D eigenvalue weighted by atomic mass is 9.85. The average molecular weight is 285 g/mol. The average Bonchev–Trinajstić information content (AvgIpc) is 2.83. The third kappa shape index (κ3) is 1.59. The van der Waals surface area contributed by atoms with Crippen LogP contribution in [0.4, 0.5) is 5.69 Å². The highest BCUT2D eigenvalue weighted by molar-refractivity contribution is 9.10. The molecule has 0 spiro atoms. The zero-order valence-electron chi connectivity index (χ0n) is 9.50. The Morgan fingerprint density at radius 3 is 3.19 bits per heavy atom. The molecule has 2 aliphatic heterocycles.